The van der Waals surface area contributed by atoms with Gasteiger partial charge in [-0.15, -0.1) is 12.6 Å². The zero-order chi connectivity index (χ0) is 18.1. The molecule has 3 atom stereocenters. The van der Waals surface area contributed by atoms with E-state index in [1.807, 2.05) is 19.1 Å². The van der Waals surface area contributed by atoms with E-state index >= 15 is 0 Å². The van der Waals surface area contributed by atoms with E-state index in [4.69, 9.17) is 18.9 Å². The van der Waals surface area contributed by atoms with Gasteiger partial charge in [-0.3, -0.25) is 0 Å². The van der Waals surface area contributed by atoms with Crippen molar-refractivity contribution in [3.05, 3.63) is 29.3 Å². The van der Waals surface area contributed by atoms with Crippen molar-refractivity contribution < 1.29 is 28.5 Å². The van der Waals surface area contributed by atoms with E-state index in [-0.39, 0.29) is 4.83 Å². The third kappa shape index (κ3) is 3.33. The number of thiol groups is 1. The lowest BCUT2D eigenvalue weighted by Crippen LogP contribution is -2.38. The minimum atomic E-state index is -1.39. The fraction of sp³-hybridized carbons (Fsp3) is 0.500. The van der Waals surface area contributed by atoms with Gasteiger partial charge in [0.15, 0.2) is 12.2 Å². The van der Waals surface area contributed by atoms with Gasteiger partial charge in [0.2, 0.25) is 5.79 Å². The molecule has 1 aromatic rings. The van der Waals surface area contributed by atoms with Crippen molar-refractivity contribution in [3.8, 4) is 0 Å². The first-order valence-electron chi connectivity index (χ1n) is 7.22. The van der Waals surface area contributed by atoms with E-state index in [0.29, 0.717) is 10.5 Å². The fourth-order valence-electron chi connectivity index (χ4n) is 2.57. The van der Waals surface area contributed by atoms with Crippen LogP contribution in [0.25, 0.3) is 0 Å². The van der Waals surface area contributed by atoms with Gasteiger partial charge in [0.05, 0.1) is 19.0 Å². The number of halogens is 1. The van der Waals surface area contributed by atoms with Crippen LogP contribution in [0.15, 0.2) is 23.1 Å². The normalized spacial score (nSPS) is 23.6. The average Bonchev–Trinajstić information content (AvgIpc) is 2.95. The lowest BCUT2D eigenvalue weighted by molar-refractivity contribution is -0.193. The molecule has 6 nitrogen and oxygen atoms in total. The Morgan fingerprint density at radius 2 is 1.71 bits per heavy atom. The molecule has 1 aliphatic heterocycles. The van der Waals surface area contributed by atoms with E-state index in [0.717, 1.165) is 5.56 Å². The first-order chi connectivity index (χ1) is 11.3. The molecule has 0 aliphatic carbocycles. The second-order valence-corrected chi connectivity index (χ2v) is 7.28. The highest BCUT2D eigenvalue weighted by Gasteiger charge is 2.58. The van der Waals surface area contributed by atoms with E-state index in [2.05, 4.69) is 28.6 Å². The van der Waals surface area contributed by atoms with Crippen LogP contribution in [-0.4, -0.2) is 43.2 Å². The Kier molecular flexibility index (Phi) is 5.95. The average molecular weight is 419 g/mol. The van der Waals surface area contributed by atoms with Gasteiger partial charge in [0, 0.05) is 10.5 Å². The van der Waals surface area contributed by atoms with E-state index in [1.54, 1.807) is 13.0 Å². The molecule has 0 amide bonds. The first-order valence-corrected chi connectivity index (χ1v) is 8.58. The van der Waals surface area contributed by atoms with Crippen molar-refractivity contribution in [1.29, 1.82) is 0 Å². The topological polar surface area (TPSA) is 71.1 Å². The number of methoxy groups -OCH3 is 2. The van der Waals surface area contributed by atoms with Crippen LogP contribution in [0.4, 0.5) is 0 Å². The Bertz CT molecular complexity index is 623. The van der Waals surface area contributed by atoms with Crippen molar-refractivity contribution in [1.82, 2.24) is 0 Å². The number of benzene rings is 1. The van der Waals surface area contributed by atoms with Crippen molar-refractivity contribution in [2.75, 3.05) is 14.2 Å². The molecule has 24 heavy (non-hydrogen) atoms. The Hall–Kier alpha value is -1.09. The molecule has 1 saturated heterocycles. The smallest absolute Gasteiger partial charge is 0.338 e. The number of carbonyl (C=O) groups is 2. The standard InChI is InChI=1S/C16H19BrO6S/c1-8-5-6-10(11(24)7-8)16(9(2)17)22-12(14(18)20-3)13(23-16)15(19)21-4/h5-7,9,12-13,24H,1-4H3/t9?,12-,13-/m1/s1. The Balaban J connectivity index is 2.54. The highest BCUT2D eigenvalue weighted by molar-refractivity contribution is 9.09. The molecule has 0 bridgehead atoms. The van der Waals surface area contributed by atoms with Crippen LogP contribution in [0.2, 0.25) is 0 Å². The SMILES string of the molecule is COC(=O)[C@@H]1OC(c2ccc(C)cc2S)(C(C)Br)O[C@H]1C(=O)OC. The molecule has 0 saturated carbocycles. The Morgan fingerprint density at radius 3 is 2.08 bits per heavy atom. The summed E-state index contributed by atoms with van der Waals surface area (Å²) < 4.78 is 21.3. The number of ether oxygens (including phenoxy) is 4. The number of carbonyl (C=O) groups excluding carboxylic acids is 2. The van der Waals surface area contributed by atoms with E-state index in [1.165, 1.54) is 14.2 Å². The van der Waals surface area contributed by atoms with Gasteiger partial charge in [0.1, 0.15) is 0 Å². The van der Waals surface area contributed by atoms with Crippen LogP contribution >= 0.6 is 28.6 Å². The lowest BCUT2D eigenvalue weighted by Gasteiger charge is -2.32. The van der Waals surface area contributed by atoms with Crippen molar-refractivity contribution in [2.45, 2.75) is 41.6 Å². The molecular weight excluding hydrogens is 400 g/mol. The predicted molar refractivity (Wildman–Crippen MR) is 92.3 cm³/mol. The molecule has 132 valence electrons. The number of rotatable bonds is 4. The van der Waals surface area contributed by atoms with E-state index < -0.39 is 29.9 Å². The second-order valence-electron chi connectivity index (χ2n) is 5.43. The molecule has 0 radical (unpaired) electrons. The monoisotopic (exact) mass is 418 g/mol. The van der Waals surface area contributed by atoms with Gasteiger partial charge >= 0.3 is 11.9 Å². The summed E-state index contributed by atoms with van der Waals surface area (Å²) in [5.74, 6) is -2.82. The first kappa shape index (κ1) is 19.2. The summed E-state index contributed by atoms with van der Waals surface area (Å²) in [5, 5.41) is 0. The van der Waals surface area contributed by atoms with Gasteiger partial charge < -0.3 is 18.9 Å². The molecule has 0 aromatic heterocycles. The van der Waals surface area contributed by atoms with Crippen molar-refractivity contribution in [2.24, 2.45) is 0 Å². The zero-order valence-electron chi connectivity index (χ0n) is 13.7. The van der Waals surface area contributed by atoms with Crippen LogP contribution in [0.5, 0.6) is 0 Å². The van der Waals surface area contributed by atoms with Crippen LogP contribution in [0, 0.1) is 6.92 Å². The van der Waals surface area contributed by atoms with Gasteiger partial charge in [0.25, 0.3) is 0 Å². The number of aryl methyl sites for hydroxylation is 1. The molecule has 8 heteroatoms. The van der Waals surface area contributed by atoms with Crippen LogP contribution in [-0.2, 0) is 34.3 Å². The number of hydrogen-bond donors (Lipinski definition) is 1. The Morgan fingerprint density at radius 1 is 1.21 bits per heavy atom. The molecule has 0 N–H and O–H groups in total. The van der Waals surface area contributed by atoms with Crippen molar-refractivity contribution >= 4 is 40.5 Å². The van der Waals surface area contributed by atoms with Gasteiger partial charge in [-0.1, -0.05) is 33.6 Å². The van der Waals surface area contributed by atoms with Crippen molar-refractivity contribution in [3.63, 3.8) is 0 Å². The highest BCUT2D eigenvalue weighted by atomic mass is 79.9. The minimum Gasteiger partial charge on any atom is -0.467 e. The zero-order valence-corrected chi connectivity index (χ0v) is 16.2. The highest BCUT2D eigenvalue weighted by Crippen LogP contribution is 2.46. The van der Waals surface area contributed by atoms with Crippen LogP contribution < -0.4 is 0 Å². The molecule has 0 spiro atoms. The predicted octanol–water partition coefficient (Wildman–Crippen LogP) is 2.35. The molecule has 1 heterocycles. The summed E-state index contributed by atoms with van der Waals surface area (Å²) in [7, 11) is 2.43. The number of alkyl halides is 1. The molecule has 1 aromatic carbocycles. The second kappa shape index (κ2) is 7.43. The number of esters is 2. The summed E-state index contributed by atoms with van der Waals surface area (Å²) >= 11 is 7.94. The molecular formula is C16H19BrO6S. The molecule has 1 fully saturated rings. The van der Waals surface area contributed by atoms with Gasteiger partial charge in [-0.05, 0) is 19.9 Å². The third-order valence-corrected chi connectivity index (χ3v) is 4.77. The maximum absolute atomic E-state index is 12.1. The summed E-state index contributed by atoms with van der Waals surface area (Å²) in [6.45, 7) is 3.72. The van der Waals surface area contributed by atoms with Gasteiger partial charge in [-0.2, -0.15) is 0 Å². The fourth-order valence-corrected chi connectivity index (χ4v) is 3.47. The molecule has 1 aliphatic rings. The maximum atomic E-state index is 12.1. The molecule has 1 unspecified atom stereocenters. The minimum absolute atomic E-state index is 0.389. The summed E-state index contributed by atoms with van der Waals surface area (Å²) in [4.78, 5) is 24.3. The van der Waals surface area contributed by atoms with Crippen LogP contribution in [0.3, 0.4) is 0 Å². The quantitative estimate of drug-likeness (QED) is 0.459. The summed E-state index contributed by atoms with van der Waals surface area (Å²) in [5.41, 5.74) is 1.61. The third-order valence-electron chi connectivity index (χ3n) is 3.80. The lowest BCUT2D eigenvalue weighted by atomic mass is 10.0. The van der Waals surface area contributed by atoms with E-state index in [9.17, 15) is 9.59 Å². The number of hydrogen-bond acceptors (Lipinski definition) is 7. The summed E-state index contributed by atoms with van der Waals surface area (Å²) in [6.07, 6.45) is -2.48. The van der Waals surface area contributed by atoms with Crippen LogP contribution in [0.1, 0.15) is 18.1 Å². The summed E-state index contributed by atoms with van der Waals surface area (Å²) in [6, 6.07) is 5.52. The van der Waals surface area contributed by atoms with Gasteiger partial charge in [-0.25, -0.2) is 9.59 Å². The molecule has 2 rings (SSSR count). The Labute approximate surface area is 154 Å². The largest absolute Gasteiger partial charge is 0.467 e. The maximum Gasteiger partial charge on any atom is 0.338 e.